The van der Waals surface area contributed by atoms with Crippen molar-refractivity contribution in [1.29, 1.82) is 0 Å². The van der Waals surface area contributed by atoms with Crippen molar-refractivity contribution in [2.24, 2.45) is 0 Å². The standard InChI is InChI=1S/C14H21NO6/c1-18-6-7-19-11-20-8-9-21-13-4-2-12(3-5-13)10-14(16)15-17/h2-5,17H,6-11H2,1H3,(H,15,16). The largest absolute Gasteiger partial charge is 0.491 e. The molecule has 1 rings (SSSR count). The van der Waals surface area contributed by atoms with Crippen LogP contribution in [0.15, 0.2) is 24.3 Å². The van der Waals surface area contributed by atoms with E-state index in [-0.39, 0.29) is 13.2 Å². The van der Waals surface area contributed by atoms with Crippen molar-refractivity contribution in [2.45, 2.75) is 6.42 Å². The number of hydrogen-bond donors (Lipinski definition) is 2. The second-order valence-electron chi connectivity index (χ2n) is 4.13. The fraction of sp³-hybridized carbons (Fsp3) is 0.500. The Morgan fingerprint density at radius 3 is 2.38 bits per heavy atom. The van der Waals surface area contributed by atoms with E-state index in [4.69, 9.17) is 24.2 Å². The molecule has 7 heteroatoms. The van der Waals surface area contributed by atoms with Crippen LogP contribution in [0, 0.1) is 0 Å². The second-order valence-corrected chi connectivity index (χ2v) is 4.13. The summed E-state index contributed by atoms with van der Waals surface area (Å²) in [6.07, 6.45) is 0.124. The molecule has 0 heterocycles. The Labute approximate surface area is 123 Å². The molecule has 118 valence electrons. The van der Waals surface area contributed by atoms with Gasteiger partial charge in [0, 0.05) is 7.11 Å². The zero-order valence-corrected chi connectivity index (χ0v) is 12.0. The SMILES string of the molecule is COCCOCOCCOc1ccc(CC(=O)NO)cc1. The van der Waals surface area contributed by atoms with Gasteiger partial charge in [-0.3, -0.25) is 10.0 Å². The summed E-state index contributed by atoms with van der Waals surface area (Å²) in [5, 5.41) is 8.43. The van der Waals surface area contributed by atoms with Crippen molar-refractivity contribution in [3.05, 3.63) is 29.8 Å². The van der Waals surface area contributed by atoms with Gasteiger partial charge in [0.05, 0.1) is 26.2 Å². The number of rotatable bonds is 11. The van der Waals surface area contributed by atoms with Gasteiger partial charge in [0.25, 0.3) is 0 Å². The lowest BCUT2D eigenvalue weighted by molar-refractivity contribution is -0.128. The second kappa shape index (κ2) is 11.0. The molecule has 0 saturated carbocycles. The molecule has 0 fully saturated rings. The van der Waals surface area contributed by atoms with Crippen molar-refractivity contribution in [3.63, 3.8) is 0 Å². The van der Waals surface area contributed by atoms with Gasteiger partial charge in [-0.15, -0.1) is 0 Å². The molecule has 7 nitrogen and oxygen atoms in total. The first-order valence-corrected chi connectivity index (χ1v) is 6.55. The molecule has 1 aromatic carbocycles. The van der Waals surface area contributed by atoms with Crippen molar-refractivity contribution < 1.29 is 28.9 Å². The van der Waals surface area contributed by atoms with Crippen molar-refractivity contribution in [2.75, 3.05) is 40.3 Å². The van der Waals surface area contributed by atoms with Gasteiger partial charge in [0.15, 0.2) is 0 Å². The topological polar surface area (TPSA) is 86.2 Å². The number of amides is 1. The van der Waals surface area contributed by atoms with E-state index in [1.54, 1.807) is 36.9 Å². The maximum Gasteiger partial charge on any atom is 0.247 e. The molecule has 0 aliphatic heterocycles. The van der Waals surface area contributed by atoms with Crippen LogP contribution in [0.2, 0.25) is 0 Å². The Hall–Kier alpha value is -1.67. The minimum atomic E-state index is -0.453. The van der Waals surface area contributed by atoms with Crippen LogP contribution in [0.3, 0.4) is 0 Å². The van der Waals surface area contributed by atoms with Crippen molar-refractivity contribution in [3.8, 4) is 5.75 Å². The van der Waals surface area contributed by atoms with Crippen LogP contribution < -0.4 is 10.2 Å². The first kappa shape index (κ1) is 17.4. The molecular weight excluding hydrogens is 278 g/mol. The maximum absolute atomic E-state index is 11.0. The normalized spacial score (nSPS) is 10.4. The molecular formula is C14H21NO6. The highest BCUT2D eigenvalue weighted by Crippen LogP contribution is 2.12. The zero-order valence-electron chi connectivity index (χ0n) is 12.0. The summed E-state index contributed by atoms with van der Waals surface area (Å²) < 4.78 is 20.6. The quantitative estimate of drug-likeness (QED) is 0.271. The average Bonchev–Trinajstić information content (AvgIpc) is 2.51. The van der Waals surface area contributed by atoms with Crippen LogP contribution in [0.5, 0.6) is 5.75 Å². The molecule has 0 aliphatic rings. The van der Waals surface area contributed by atoms with Crippen LogP contribution in [-0.4, -0.2) is 51.4 Å². The highest BCUT2D eigenvalue weighted by molar-refractivity contribution is 5.77. The van der Waals surface area contributed by atoms with E-state index in [1.807, 2.05) is 0 Å². The van der Waals surface area contributed by atoms with Gasteiger partial charge in [-0.05, 0) is 17.7 Å². The van der Waals surface area contributed by atoms with Gasteiger partial charge in [0.1, 0.15) is 19.1 Å². The third kappa shape index (κ3) is 8.26. The summed E-state index contributed by atoms with van der Waals surface area (Å²) in [5.74, 6) is 0.234. The number of hydroxylamine groups is 1. The third-order valence-corrected chi connectivity index (χ3v) is 2.51. The van der Waals surface area contributed by atoms with Crippen LogP contribution in [0.25, 0.3) is 0 Å². The van der Waals surface area contributed by atoms with Gasteiger partial charge in [-0.1, -0.05) is 12.1 Å². The molecule has 0 radical (unpaired) electrons. The van der Waals surface area contributed by atoms with E-state index in [9.17, 15) is 4.79 Å². The lowest BCUT2D eigenvalue weighted by Gasteiger charge is -2.08. The monoisotopic (exact) mass is 299 g/mol. The molecule has 1 amide bonds. The van der Waals surface area contributed by atoms with E-state index in [0.29, 0.717) is 32.2 Å². The van der Waals surface area contributed by atoms with Gasteiger partial charge in [0.2, 0.25) is 5.91 Å². The van der Waals surface area contributed by atoms with Gasteiger partial charge in [-0.2, -0.15) is 0 Å². The third-order valence-electron chi connectivity index (χ3n) is 2.51. The lowest BCUT2D eigenvalue weighted by atomic mass is 10.1. The average molecular weight is 299 g/mol. The summed E-state index contributed by atoms with van der Waals surface area (Å²) in [4.78, 5) is 11.0. The van der Waals surface area contributed by atoms with Crippen LogP contribution in [0.4, 0.5) is 0 Å². The van der Waals surface area contributed by atoms with Gasteiger partial charge in [-0.25, -0.2) is 5.48 Å². The number of methoxy groups -OCH3 is 1. The van der Waals surface area contributed by atoms with E-state index >= 15 is 0 Å². The summed E-state index contributed by atoms with van der Waals surface area (Å²) in [7, 11) is 1.61. The number of carbonyl (C=O) groups is 1. The Morgan fingerprint density at radius 2 is 1.76 bits per heavy atom. The first-order valence-electron chi connectivity index (χ1n) is 6.55. The molecule has 2 N–H and O–H groups in total. The highest BCUT2D eigenvalue weighted by atomic mass is 16.7. The lowest BCUT2D eigenvalue weighted by Crippen LogP contribution is -2.20. The predicted octanol–water partition coefficient (Wildman–Crippen LogP) is 0.750. The van der Waals surface area contributed by atoms with E-state index in [1.165, 1.54) is 0 Å². The summed E-state index contributed by atoms with van der Waals surface area (Å²) in [5.41, 5.74) is 2.38. The molecule has 0 atom stereocenters. The van der Waals surface area contributed by atoms with E-state index in [2.05, 4.69) is 0 Å². The van der Waals surface area contributed by atoms with E-state index < -0.39 is 5.91 Å². The molecule has 0 bridgehead atoms. The van der Waals surface area contributed by atoms with Crippen molar-refractivity contribution in [1.82, 2.24) is 5.48 Å². The Balaban J connectivity index is 2.11. The zero-order chi connectivity index (χ0) is 15.3. The summed E-state index contributed by atoms with van der Waals surface area (Å²) in [6, 6.07) is 7.04. The summed E-state index contributed by atoms with van der Waals surface area (Å²) in [6.45, 7) is 2.08. The Bertz CT molecular complexity index is 395. The fourth-order valence-electron chi connectivity index (χ4n) is 1.47. The number of ether oxygens (including phenoxy) is 4. The number of carbonyl (C=O) groups excluding carboxylic acids is 1. The Kier molecular flexibility index (Phi) is 9.14. The minimum Gasteiger partial charge on any atom is -0.491 e. The van der Waals surface area contributed by atoms with Crippen LogP contribution >= 0.6 is 0 Å². The molecule has 21 heavy (non-hydrogen) atoms. The predicted molar refractivity (Wildman–Crippen MR) is 74.2 cm³/mol. The van der Waals surface area contributed by atoms with Gasteiger partial charge < -0.3 is 18.9 Å². The number of benzene rings is 1. The molecule has 0 spiro atoms. The number of nitrogens with one attached hydrogen (secondary N) is 1. The first-order chi connectivity index (χ1) is 10.3. The smallest absolute Gasteiger partial charge is 0.247 e. The Morgan fingerprint density at radius 1 is 1.10 bits per heavy atom. The maximum atomic E-state index is 11.0. The van der Waals surface area contributed by atoms with Crippen LogP contribution in [0.1, 0.15) is 5.56 Å². The highest BCUT2D eigenvalue weighted by Gasteiger charge is 2.02. The molecule has 0 aromatic heterocycles. The van der Waals surface area contributed by atoms with E-state index in [0.717, 1.165) is 5.56 Å². The number of hydrogen-bond acceptors (Lipinski definition) is 6. The van der Waals surface area contributed by atoms with Gasteiger partial charge >= 0.3 is 0 Å². The summed E-state index contributed by atoms with van der Waals surface area (Å²) >= 11 is 0. The van der Waals surface area contributed by atoms with Crippen molar-refractivity contribution >= 4 is 5.91 Å². The molecule has 0 saturated heterocycles. The molecule has 0 unspecified atom stereocenters. The fourth-order valence-corrected chi connectivity index (χ4v) is 1.47. The molecule has 1 aromatic rings. The van der Waals surface area contributed by atoms with Crippen LogP contribution in [-0.2, 0) is 25.4 Å². The minimum absolute atomic E-state index is 0.124. The molecule has 0 aliphatic carbocycles.